The Labute approximate surface area is 110 Å². The molecule has 0 saturated heterocycles. The molecular formula is C12H19BrN2O2. The van der Waals surface area contributed by atoms with Crippen LogP contribution in [0.15, 0.2) is 4.47 Å². The monoisotopic (exact) mass is 302 g/mol. The Morgan fingerprint density at radius 3 is 2.29 bits per heavy atom. The lowest BCUT2D eigenvalue weighted by Gasteiger charge is -2.21. The van der Waals surface area contributed by atoms with Crippen molar-refractivity contribution in [3.05, 3.63) is 15.9 Å². The van der Waals surface area contributed by atoms with Crippen LogP contribution in [-0.2, 0) is 12.0 Å². The Hall–Kier alpha value is -0.840. The molecule has 96 valence electrons. The summed E-state index contributed by atoms with van der Waals surface area (Å²) in [6.07, 6.45) is 0.768. The lowest BCUT2D eigenvalue weighted by Crippen LogP contribution is -2.27. The molecule has 0 bridgehead atoms. The fourth-order valence-electron chi connectivity index (χ4n) is 1.63. The zero-order valence-corrected chi connectivity index (χ0v) is 12.5. The first kappa shape index (κ1) is 14.2. The van der Waals surface area contributed by atoms with E-state index in [4.69, 9.17) is 0 Å². The van der Waals surface area contributed by atoms with Gasteiger partial charge in [0.05, 0.1) is 15.7 Å². The van der Waals surface area contributed by atoms with Gasteiger partial charge in [-0.25, -0.2) is 4.79 Å². The Kier molecular flexibility index (Phi) is 4.02. The average molecular weight is 303 g/mol. The van der Waals surface area contributed by atoms with Crippen LogP contribution < -0.4 is 0 Å². The number of rotatable bonds is 3. The molecule has 0 aromatic carbocycles. The molecular weight excluding hydrogens is 284 g/mol. The number of aromatic nitrogens is 2. The van der Waals surface area contributed by atoms with Crippen LogP contribution in [-0.4, -0.2) is 20.9 Å². The lowest BCUT2D eigenvalue weighted by atomic mass is 10.1. The molecule has 1 aromatic heterocycles. The van der Waals surface area contributed by atoms with Gasteiger partial charge < -0.3 is 5.11 Å². The summed E-state index contributed by atoms with van der Waals surface area (Å²) in [5.74, 6) is -0.509. The van der Waals surface area contributed by atoms with E-state index >= 15 is 0 Å². The van der Waals surface area contributed by atoms with E-state index in [1.807, 2.05) is 20.8 Å². The van der Waals surface area contributed by atoms with E-state index < -0.39 is 5.97 Å². The summed E-state index contributed by atoms with van der Waals surface area (Å²) in [5, 5.41) is 13.7. The predicted molar refractivity (Wildman–Crippen MR) is 70.4 cm³/mol. The van der Waals surface area contributed by atoms with Crippen LogP contribution in [0.4, 0.5) is 0 Å². The average Bonchev–Trinajstić information content (AvgIpc) is 2.42. The number of carboxylic acids is 1. The minimum atomic E-state index is -0.950. The third kappa shape index (κ3) is 3.09. The van der Waals surface area contributed by atoms with Gasteiger partial charge in [-0.3, -0.25) is 4.68 Å². The first-order chi connectivity index (χ1) is 7.64. The van der Waals surface area contributed by atoms with E-state index in [9.17, 15) is 9.90 Å². The smallest absolute Gasteiger partial charge is 0.355 e. The van der Waals surface area contributed by atoms with Gasteiger partial charge in [-0.2, -0.15) is 5.10 Å². The van der Waals surface area contributed by atoms with Crippen molar-refractivity contribution in [3.63, 3.8) is 0 Å². The maximum atomic E-state index is 11.3. The van der Waals surface area contributed by atoms with E-state index in [-0.39, 0.29) is 11.2 Å². The van der Waals surface area contributed by atoms with Crippen LogP contribution in [0.5, 0.6) is 0 Å². The third-order valence-corrected chi connectivity index (χ3v) is 3.17. The minimum Gasteiger partial charge on any atom is -0.476 e. The molecule has 0 amide bonds. The van der Waals surface area contributed by atoms with Gasteiger partial charge in [-0.05, 0) is 49.0 Å². The number of hydrogen-bond donors (Lipinski definition) is 1. The van der Waals surface area contributed by atoms with Crippen molar-refractivity contribution in [2.24, 2.45) is 5.92 Å². The molecule has 1 aromatic rings. The van der Waals surface area contributed by atoms with E-state index in [2.05, 4.69) is 34.9 Å². The first-order valence-electron chi connectivity index (χ1n) is 5.65. The van der Waals surface area contributed by atoms with E-state index in [0.29, 0.717) is 10.4 Å². The van der Waals surface area contributed by atoms with Crippen molar-refractivity contribution in [3.8, 4) is 0 Å². The zero-order chi connectivity index (χ0) is 13.4. The van der Waals surface area contributed by atoms with Gasteiger partial charge in [0.1, 0.15) is 0 Å². The predicted octanol–water partition coefficient (Wildman–Crippen LogP) is 3.30. The minimum absolute atomic E-state index is 0.230. The van der Waals surface area contributed by atoms with Gasteiger partial charge >= 0.3 is 5.97 Å². The molecule has 1 heterocycles. The highest BCUT2D eigenvalue weighted by Crippen LogP contribution is 2.28. The molecule has 0 spiro atoms. The van der Waals surface area contributed by atoms with E-state index in [1.165, 1.54) is 0 Å². The maximum Gasteiger partial charge on any atom is 0.355 e. The highest BCUT2D eigenvalue weighted by atomic mass is 79.9. The van der Waals surface area contributed by atoms with Crippen molar-refractivity contribution in [1.29, 1.82) is 0 Å². The van der Waals surface area contributed by atoms with Gasteiger partial charge in [0.15, 0.2) is 5.69 Å². The summed E-state index contributed by atoms with van der Waals surface area (Å²) < 4.78 is 2.19. The van der Waals surface area contributed by atoms with Gasteiger partial charge in [0.2, 0.25) is 0 Å². The van der Waals surface area contributed by atoms with Crippen LogP contribution in [0.3, 0.4) is 0 Å². The molecule has 5 heteroatoms. The summed E-state index contributed by atoms with van der Waals surface area (Å²) in [5.41, 5.74) is 0.700. The van der Waals surface area contributed by atoms with Crippen molar-refractivity contribution in [2.45, 2.75) is 46.6 Å². The number of halogens is 1. The summed E-state index contributed by atoms with van der Waals surface area (Å²) >= 11 is 3.36. The van der Waals surface area contributed by atoms with Crippen LogP contribution in [0, 0.1) is 5.92 Å². The van der Waals surface area contributed by atoms with Gasteiger partial charge in [-0.15, -0.1) is 0 Å². The van der Waals surface area contributed by atoms with Gasteiger partial charge in [0, 0.05) is 0 Å². The number of carboxylic acid groups (broad SMARTS) is 1. The lowest BCUT2D eigenvalue weighted by molar-refractivity contribution is 0.0673. The molecule has 17 heavy (non-hydrogen) atoms. The number of nitrogens with zero attached hydrogens (tertiary/aromatic N) is 2. The van der Waals surface area contributed by atoms with Gasteiger partial charge in [0.25, 0.3) is 0 Å². The molecule has 0 fully saturated rings. The molecule has 0 saturated carbocycles. The normalized spacial score (nSPS) is 12.2. The Balaban J connectivity index is 3.35. The van der Waals surface area contributed by atoms with Gasteiger partial charge in [-0.1, -0.05) is 13.8 Å². The quantitative estimate of drug-likeness (QED) is 0.932. The highest BCUT2D eigenvalue weighted by molar-refractivity contribution is 9.10. The summed E-state index contributed by atoms with van der Waals surface area (Å²) in [6.45, 7) is 10.0. The standard InChI is InChI=1S/C12H19BrN2O2/c1-7(2)6-8-9(13)10(11(16)17)15(14-8)12(3,4)5/h7H,6H2,1-5H3,(H,16,17). The Morgan fingerprint density at radius 2 is 2.00 bits per heavy atom. The molecule has 0 aliphatic carbocycles. The van der Waals surface area contributed by atoms with Crippen LogP contribution in [0.1, 0.15) is 50.8 Å². The summed E-state index contributed by atoms with van der Waals surface area (Å²) in [6, 6.07) is 0. The topological polar surface area (TPSA) is 55.1 Å². The molecule has 0 aliphatic rings. The SMILES string of the molecule is CC(C)Cc1nn(C(C)(C)C)c(C(=O)O)c1Br. The molecule has 0 unspecified atom stereocenters. The van der Waals surface area contributed by atoms with Crippen molar-refractivity contribution in [1.82, 2.24) is 9.78 Å². The number of aromatic carboxylic acids is 1. The Morgan fingerprint density at radius 1 is 1.47 bits per heavy atom. The van der Waals surface area contributed by atoms with Crippen molar-refractivity contribution >= 4 is 21.9 Å². The van der Waals surface area contributed by atoms with Crippen molar-refractivity contribution in [2.75, 3.05) is 0 Å². The second kappa shape index (κ2) is 4.80. The summed E-state index contributed by atoms with van der Waals surface area (Å²) in [4.78, 5) is 11.3. The van der Waals surface area contributed by atoms with E-state index in [0.717, 1.165) is 12.1 Å². The maximum absolute atomic E-state index is 11.3. The second-order valence-corrected chi connectivity index (χ2v) is 6.39. The third-order valence-electron chi connectivity index (χ3n) is 2.33. The first-order valence-corrected chi connectivity index (χ1v) is 6.45. The highest BCUT2D eigenvalue weighted by Gasteiger charge is 2.27. The van der Waals surface area contributed by atoms with Crippen LogP contribution in [0.25, 0.3) is 0 Å². The number of carbonyl (C=O) groups is 1. The molecule has 0 radical (unpaired) electrons. The largest absolute Gasteiger partial charge is 0.476 e. The van der Waals surface area contributed by atoms with Crippen molar-refractivity contribution < 1.29 is 9.90 Å². The zero-order valence-electron chi connectivity index (χ0n) is 10.9. The molecule has 1 N–H and O–H groups in total. The fraction of sp³-hybridized carbons (Fsp3) is 0.667. The number of hydrogen-bond acceptors (Lipinski definition) is 2. The molecule has 0 atom stereocenters. The Bertz CT molecular complexity index is 430. The molecule has 1 rings (SSSR count). The fourth-order valence-corrected chi connectivity index (χ4v) is 2.21. The summed E-state index contributed by atoms with van der Waals surface area (Å²) in [7, 11) is 0. The second-order valence-electron chi connectivity index (χ2n) is 5.60. The van der Waals surface area contributed by atoms with Crippen LogP contribution >= 0.6 is 15.9 Å². The molecule has 4 nitrogen and oxygen atoms in total. The van der Waals surface area contributed by atoms with Crippen LogP contribution in [0.2, 0.25) is 0 Å². The van der Waals surface area contributed by atoms with E-state index in [1.54, 1.807) is 4.68 Å². The molecule has 0 aliphatic heterocycles.